The van der Waals surface area contributed by atoms with Gasteiger partial charge in [-0.1, -0.05) is 17.7 Å². The molecule has 152 valence electrons. The smallest absolute Gasteiger partial charge is 0.268 e. The molecule has 3 aromatic rings. The molecular weight excluding hydrogens is 424 g/mol. The van der Waals surface area contributed by atoms with E-state index in [-0.39, 0.29) is 12.4 Å². The molecule has 0 amide bonds. The zero-order valence-electron chi connectivity index (χ0n) is 15.4. The van der Waals surface area contributed by atoms with Crippen molar-refractivity contribution in [3.8, 4) is 5.75 Å². The molecule has 0 aliphatic carbocycles. The molecule has 1 heterocycles. The monoisotopic (exact) mass is 439 g/mol. The van der Waals surface area contributed by atoms with Gasteiger partial charge in [0.25, 0.3) is 10.0 Å². The summed E-state index contributed by atoms with van der Waals surface area (Å²) < 4.78 is 60.5. The average molecular weight is 440 g/mol. The van der Waals surface area contributed by atoms with Crippen molar-refractivity contribution in [3.05, 3.63) is 76.7 Å². The second-order valence-electron chi connectivity index (χ2n) is 6.06. The van der Waals surface area contributed by atoms with Crippen molar-refractivity contribution < 1.29 is 21.9 Å². The van der Waals surface area contributed by atoms with Gasteiger partial charge in [0.2, 0.25) is 0 Å². The average Bonchev–Trinajstić information content (AvgIpc) is 2.70. The molecule has 6 nitrogen and oxygen atoms in total. The third-order valence-corrected chi connectivity index (χ3v) is 6.27. The molecule has 0 unspecified atom stereocenters. The Morgan fingerprint density at radius 3 is 2.52 bits per heavy atom. The molecule has 0 saturated heterocycles. The second-order valence-corrected chi connectivity index (χ2v) is 8.30. The lowest BCUT2D eigenvalue weighted by Gasteiger charge is -2.24. The summed E-state index contributed by atoms with van der Waals surface area (Å²) in [5.41, 5.74) is 1.39. The van der Waals surface area contributed by atoms with Crippen molar-refractivity contribution >= 4 is 27.4 Å². The second kappa shape index (κ2) is 8.30. The van der Waals surface area contributed by atoms with Crippen LogP contribution in [0.3, 0.4) is 0 Å². The van der Waals surface area contributed by atoms with E-state index in [1.54, 1.807) is 25.1 Å². The maximum atomic E-state index is 14.4. The summed E-state index contributed by atoms with van der Waals surface area (Å²) in [6, 6.07) is 6.29. The molecule has 1 aromatic heterocycles. The van der Waals surface area contributed by atoms with E-state index in [9.17, 15) is 17.2 Å². The molecule has 3 rings (SSSR count). The Kier molecular flexibility index (Phi) is 5.99. The van der Waals surface area contributed by atoms with Crippen molar-refractivity contribution in [2.45, 2.75) is 18.4 Å². The van der Waals surface area contributed by atoms with Crippen LogP contribution in [0.2, 0.25) is 5.02 Å². The molecule has 0 aliphatic rings. The highest BCUT2D eigenvalue weighted by atomic mass is 35.5. The topological polar surface area (TPSA) is 72.4 Å². The summed E-state index contributed by atoms with van der Waals surface area (Å²) in [5.74, 6) is -1.73. The largest absolute Gasteiger partial charge is 0.497 e. The first kappa shape index (κ1) is 20.9. The quantitative estimate of drug-likeness (QED) is 0.540. The minimum atomic E-state index is -4.48. The molecule has 2 aromatic carbocycles. The van der Waals surface area contributed by atoms with Crippen LogP contribution in [0.15, 0.2) is 53.8 Å². The highest BCUT2D eigenvalue weighted by molar-refractivity contribution is 7.92. The Balaban J connectivity index is 2.13. The summed E-state index contributed by atoms with van der Waals surface area (Å²) in [5, 5.41) is -0.510. The van der Waals surface area contributed by atoms with Crippen LogP contribution in [0.25, 0.3) is 0 Å². The molecule has 0 N–H and O–H groups in total. The maximum absolute atomic E-state index is 14.4. The van der Waals surface area contributed by atoms with E-state index in [2.05, 4.69) is 9.97 Å². The Bertz CT molecular complexity index is 1140. The molecule has 0 fully saturated rings. The van der Waals surface area contributed by atoms with Gasteiger partial charge in [-0.25, -0.2) is 26.5 Å². The molecule has 10 heteroatoms. The standard InChI is InChI=1S/C19H16ClF2N3O3S/c1-12-7-14(28-2)4-3-13(12)11-25(19-10-23-5-6-24-19)29(26,27)18-8-15(20)16(21)9-17(18)22/h3-10H,11H2,1-2H3. The normalized spacial score (nSPS) is 11.3. The highest BCUT2D eigenvalue weighted by Gasteiger charge is 2.30. The Morgan fingerprint density at radius 2 is 1.90 bits per heavy atom. The van der Waals surface area contributed by atoms with Gasteiger partial charge >= 0.3 is 0 Å². The van der Waals surface area contributed by atoms with Crippen LogP contribution in [0.4, 0.5) is 14.6 Å². The van der Waals surface area contributed by atoms with E-state index in [1.165, 1.54) is 25.7 Å². The van der Waals surface area contributed by atoms with Gasteiger partial charge in [-0.05, 0) is 36.2 Å². The van der Waals surface area contributed by atoms with Gasteiger partial charge in [0, 0.05) is 18.5 Å². The molecule has 0 aliphatic heterocycles. The van der Waals surface area contributed by atoms with Gasteiger partial charge in [0.1, 0.15) is 22.3 Å². The first-order valence-electron chi connectivity index (χ1n) is 8.31. The summed E-state index contributed by atoms with van der Waals surface area (Å²) in [4.78, 5) is 7.16. The summed E-state index contributed by atoms with van der Waals surface area (Å²) in [6.45, 7) is 1.62. The SMILES string of the molecule is COc1ccc(CN(c2cnccn2)S(=O)(=O)c2cc(Cl)c(F)cc2F)c(C)c1. The fourth-order valence-corrected chi connectivity index (χ4v) is 4.34. The highest BCUT2D eigenvalue weighted by Crippen LogP contribution is 2.30. The van der Waals surface area contributed by atoms with Crippen LogP contribution in [0.1, 0.15) is 11.1 Å². The first-order valence-corrected chi connectivity index (χ1v) is 10.1. The molecule has 29 heavy (non-hydrogen) atoms. The molecule has 0 spiro atoms. The third-order valence-electron chi connectivity index (χ3n) is 4.21. The number of nitrogens with zero attached hydrogens (tertiary/aromatic N) is 3. The number of sulfonamides is 1. The van der Waals surface area contributed by atoms with Crippen LogP contribution in [-0.2, 0) is 16.6 Å². The summed E-state index contributed by atoms with van der Waals surface area (Å²) in [7, 11) is -2.96. The number of methoxy groups -OCH3 is 1. The van der Waals surface area contributed by atoms with Crippen molar-refractivity contribution in [3.63, 3.8) is 0 Å². The Morgan fingerprint density at radius 1 is 1.14 bits per heavy atom. The van der Waals surface area contributed by atoms with Crippen LogP contribution in [0, 0.1) is 18.6 Å². The van der Waals surface area contributed by atoms with Crippen molar-refractivity contribution in [1.29, 1.82) is 0 Å². The van der Waals surface area contributed by atoms with Gasteiger partial charge in [-0.15, -0.1) is 0 Å². The minimum Gasteiger partial charge on any atom is -0.497 e. The molecule has 0 saturated carbocycles. The Labute approximate surface area is 171 Å². The fourth-order valence-electron chi connectivity index (χ4n) is 2.66. The predicted octanol–water partition coefficient (Wildman–Crippen LogP) is 4.12. The van der Waals surface area contributed by atoms with Gasteiger partial charge < -0.3 is 4.74 Å². The zero-order chi connectivity index (χ0) is 21.2. The van der Waals surface area contributed by atoms with E-state index in [1.807, 2.05) is 0 Å². The molecule has 0 atom stereocenters. The van der Waals surface area contributed by atoms with Crippen LogP contribution >= 0.6 is 11.6 Å². The number of benzene rings is 2. The van der Waals surface area contributed by atoms with E-state index in [0.29, 0.717) is 17.4 Å². The van der Waals surface area contributed by atoms with Crippen molar-refractivity contribution in [2.24, 2.45) is 0 Å². The number of hydrogen-bond donors (Lipinski definition) is 0. The van der Waals surface area contributed by atoms with E-state index < -0.39 is 31.6 Å². The lowest BCUT2D eigenvalue weighted by Crippen LogP contribution is -2.32. The number of rotatable bonds is 6. The number of aryl methyl sites for hydroxylation is 1. The fraction of sp³-hybridized carbons (Fsp3) is 0.158. The molecular formula is C19H16ClF2N3O3S. The van der Waals surface area contributed by atoms with E-state index >= 15 is 0 Å². The van der Waals surface area contributed by atoms with Crippen molar-refractivity contribution in [2.75, 3.05) is 11.4 Å². The Hall–Kier alpha value is -2.78. The first-order chi connectivity index (χ1) is 13.7. The number of anilines is 1. The zero-order valence-corrected chi connectivity index (χ0v) is 17.0. The molecule has 0 radical (unpaired) electrons. The summed E-state index contributed by atoms with van der Waals surface area (Å²) in [6.07, 6.45) is 3.93. The van der Waals surface area contributed by atoms with Gasteiger partial charge in [-0.2, -0.15) is 0 Å². The van der Waals surface area contributed by atoms with Crippen LogP contribution < -0.4 is 9.04 Å². The lowest BCUT2D eigenvalue weighted by atomic mass is 10.1. The number of aromatic nitrogens is 2. The third kappa shape index (κ3) is 4.30. The van der Waals surface area contributed by atoms with Gasteiger partial charge in [0.05, 0.1) is 24.9 Å². The minimum absolute atomic E-state index is 0.0254. The number of hydrogen-bond acceptors (Lipinski definition) is 5. The summed E-state index contributed by atoms with van der Waals surface area (Å²) >= 11 is 5.69. The van der Waals surface area contributed by atoms with E-state index in [0.717, 1.165) is 15.9 Å². The lowest BCUT2D eigenvalue weighted by molar-refractivity contribution is 0.414. The van der Waals surface area contributed by atoms with Crippen LogP contribution in [0.5, 0.6) is 5.75 Å². The molecule has 0 bridgehead atoms. The van der Waals surface area contributed by atoms with Gasteiger partial charge in [0.15, 0.2) is 5.82 Å². The van der Waals surface area contributed by atoms with E-state index in [4.69, 9.17) is 16.3 Å². The van der Waals surface area contributed by atoms with Crippen LogP contribution in [-0.4, -0.2) is 25.5 Å². The number of halogens is 3. The maximum Gasteiger partial charge on any atom is 0.268 e. The van der Waals surface area contributed by atoms with Gasteiger partial charge in [-0.3, -0.25) is 4.98 Å². The number of ether oxygens (including phenoxy) is 1. The van der Waals surface area contributed by atoms with Crippen molar-refractivity contribution in [1.82, 2.24) is 9.97 Å². The predicted molar refractivity (Wildman–Crippen MR) is 104 cm³/mol.